The number of carbonyl (C=O) groups excluding carboxylic acids is 3. The molecule has 0 bridgehead atoms. The van der Waals surface area contributed by atoms with Gasteiger partial charge in [0, 0.05) is 18.4 Å². The van der Waals surface area contributed by atoms with Crippen LogP contribution in [0.3, 0.4) is 0 Å². The van der Waals surface area contributed by atoms with E-state index in [4.69, 9.17) is 9.47 Å². The van der Waals surface area contributed by atoms with Crippen LogP contribution < -0.4 is 10.1 Å². The van der Waals surface area contributed by atoms with Gasteiger partial charge in [0.2, 0.25) is 5.91 Å². The number of fused-ring (bicyclic) bond motifs is 1. The number of nitrogens with zero attached hydrogens (tertiary/aromatic N) is 1. The normalized spacial score (nSPS) is 18.3. The van der Waals surface area contributed by atoms with E-state index < -0.39 is 17.7 Å². The van der Waals surface area contributed by atoms with Crippen LogP contribution in [-0.2, 0) is 9.53 Å². The minimum Gasteiger partial charge on any atom is -0.491 e. The molecule has 7 nitrogen and oxygen atoms in total. The van der Waals surface area contributed by atoms with Crippen molar-refractivity contribution in [2.45, 2.75) is 18.9 Å². The zero-order valence-electron chi connectivity index (χ0n) is 15.2. The third kappa shape index (κ3) is 3.75. The Bertz CT molecular complexity index is 886. The van der Waals surface area contributed by atoms with Crippen LogP contribution in [-0.4, -0.2) is 48.5 Å². The summed E-state index contributed by atoms with van der Waals surface area (Å²) in [5.41, 5.74) is 1.18. The first-order chi connectivity index (χ1) is 13.6. The van der Waals surface area contributed by atoms with Crippen molar-refractivity contribution in [2.24, 2.45) is 0 Å². The van der Waals surface area contributed by atoms with E-state index in [1.807, 2.05) is 0 Å². The lowest BCUT2D eigenvalue weighted by Gasteiger charge is -2.15. The lowest BCUT2D eigenvalue weighted by atomic mass is 10.1. The Labute approximate surface area is 162 Å². The third-order valence-electron chi connectivity index (χ3n) is 4.76. The SMILES string of the molecule is O=C(CN1C(=O)c2ccccc2C1=O)Nc1cccc(OCC2CCCO2)c1. The number of anilines is 1. The smallest absolute Gasteiger partial charge is 0.262 e. The highest BCUT2D eigenvalue weighted by atomic mass is 16.5. The highest BCUT2D eigenvalue weighted by Crippen LogP contribution is 2.23. The van der Waals surface area contributed by atoms with Gasteiger partial charge in [-0.05, 0) is 37.1 Å². The molecule has 0 spiro atoms. The highest BCUT2D eigenvalue weighted by Gasteiger charge is 2.36. The second kappa shape index (κ2) is 7.82. The summed E-state index contributed by atoms with van der Waals surface area (Å²) >= 11 is 0. The van der Waals surface area contributed by atoms with Crippen molar-refractivity contribution < 1.29 is 23.9 Å². The molecule has 2 aliphatic rings. The van der Waals surface area contributed by atoms with Crippen molar-refractivity contribution in [3.63, 3.8) is 0 Å². The van der Waals surface area contributed by atoms with Crippen molar-refractivity contribution in [1.82, 2.24) is 4.90 Å². The van der Waals surface area contributed by atoms with Crippen LogP contribution in [0.25, 0.3) is 0 Å². The third-order valence-corrected chi connectivity index (χ3v) is 4.76. The molecule has 1 N–H and O–H groups in total. The zero-order valence-corrected chi connectivity index (χ0v) is 15.2. The number of rotatable bonds is 6. The van der Waals surface area contributed by atoms with E-state index in [0.29, 0.717) is 29.2 Å². The van der Waals surface area contributed by atoms with E-state index in [9.17, 15) is 14.4 Å². The standard InChI is InChI=1S/C21H20N2O5/c24-19(12-23-20(25)17-8-1-2-9-18(17)21(23)26)22-14-5-3-6-15(11-14)28-13-16-7-4-10-27-16/h1-3,5-6,8-9,11,16H,4,7,10,12-13H2,(H,22,24). The summed E-state index contributed by atoms with van der Waals surface area (Å²) < 4.78 is 11.3. The van der Waals surface area contributed by atoms with Crippen LogP contribution in [0.4, 0.5) is 5.69 Å². The maximum absolute atomic E-state index is 12.4. The summed E-state index contributed by atoms with van der Waals surface area (Å²) in [5, 5.41) is 2.71. The Morgan fingerprint density at radius 3 is 2.54 bits per heavy atom. The number of nitrogens with one attached hydrogen (secondary N) is 1. The number of ether oxygens (including phenoxy) is 2. The van der Waals surface area contributed by atoms with Gasteiger partial charge < -0.3 is 14.8 Å². The number of amides is 3. The number of carbonyl (C=O) groups is 3. The van der Waals surface area contributed by atoms with Crippen LogP contribution in [0.15, 0.2) is 48.5 Å². The van der Waals surface area contributed by atoms with Crippen LogP contribution >= 0.6 is 0 Å². The van der Waals surface area contributed by atoms with E-state index in [0.717, 1.165) is 24.3 Å². The van der Waals surface area contributed by atoms with Gasteiger partial charge in [0.05, 0.1) is 17.2 Å². The molecule has 28 heavy (non-hydrogen) atoms. The van der Waals surface area contributed by atoms with Crippen molar-refractivity contribution in [1.29, 1.82) is 0 Å². The molecule has 1 saturated heterocycles. The van der Waals surface area contributed by atoms with E-state index in [2.05, 4.69) is 5.32 Å². The van der Waals surface area contributed by atoms with Crippen molar-refractivity contribution >= 4 is 23.4 Å². The molecule has 7 heteroatoms. The van der Waals surface area contributed by atoms with Gasteiger partial charge in [0.15, 0.2) is 0 Å². The molecule has 1 atom stereocenters. The molecular weight excluding hydrogens is 360 g/mol. The lowest BCUT2D eigenvalue weighted by Crippen LogP contribution is -2.37. The number of benzene rings is 2. The molecular formula is C21H20N2O5. The topological polar surface area (TPSA) is 84.9 Å². The van der Waals surface area contributed by atoms with E-state index in [1.54, 1.807) is 48.5 Å². The first-order valence-electron chi connectivity index (χ1n) is 9.21. The van der Waals surface area contributed by atoms with Crippen LogP contribution in [0.5, 0.6) is 5.75 Å². The predicted molar refractivity (Wildman–Crippen MR) is 101 cm³/mol. The molecule has 1 fully saturated rings. The Kier molecular flexibility index (Phi) is 5.08. The molecule has 0 radical (unpaired) electrons. The molecule has 3 amide bonds. The maximum Gasteiger partial charge on any atom is 0.262 e. The van der Waals surface area contributed by atoms with Crippen LogP contribution in [0, 0.1) is 0 Å². The highest BCUT2D eigenvalue weighted by molar-refractivity contribution is 6.22. The van der Waals surface area contributed by atoms with Gasteiger partial charge in [-0.3, -0.25) is 19.3 Å². The quantitative estimate of drug-likeness (QED) is 0.779. The summed E-state index contributed by atoms with van der Waals surface area (Å²) in [6.45, 7) is 0.891. The Morgan fingerprint density at radius 2 is 1.86 bits per heavy atom. The minimum absolute atomic E-state index is 0.104. The fourth-order valence-corrected chi connectivity index (χ4v) is 3.36. The predicted octanol–water partition coefficient (Wildman–Crippen LogP) is 2.48. The molecule has 2 heterocycles. The average Bonchev–Trinajstić information content (AvgIpc) is 3.30. The van der Waals surface area contributed by atoms with Gasteiger partial charge in [0.25, 0.3) is 11.8 Å². The molecule has 144 valence electrons. The average molecular weight is 380 g/mol. The van der Waals surface area contributed by atoms with Gasteiger partial charge in [-0.15, -0.1) is 0 Å². The van der Waals surface area contributed by atoms with Crippen molar-refractivity contribution in [3.05, 3.63) is 59.7 Å². The fraction of sp³-hybridized carbons (Fsp3) is 0.286. The van der Waals surface area contributed by atoms with Crippen LogP contribution in [0.2, 0.25) is 0 Å². The Hall–Kier alpha value is -3.19. The van der Waals surface area contributed by atoms with Gasteiger partial charge >= 0.3 is 0 Å². The monoisotopic (exact) mass is 380 g/mol. The molecule has 2 aromatic carbocycles. The zero-order chi connectivity index (χ0) is 19.5. The number of imide groups is 1. The number of hydrogen-bond donors (Lipinski definition) is 1. The van der Waals surface area contributed by atoms with Crippen molar-refractivity contribution in [2.75, 3.05) is 25.1 Å². The summed E-state index contributed by atoms with van der Waals surface area (Å²) in [7, 11) is 0. The van der Waals surface area contributed by atoms with Gasteiger partial charge in [-0.25, -0.2) is 0 Å². The van der Waals surface area contributed by atoms with Crippen molar-refractivity contribution in [3.8, 4) is 5.75 Å². The van der Waals surface area contributed by atoms with Gasteiger partial charge in [-0.2, -0.15) is 0 Å². The van der Waals surface area contributed by atoms with Crippen LogP contribution in [0.1, 0.15) is 33.6 Å². The molecule has 0 saturated carbocycles. The largest absolute Gasteiger partial charge is 0.491 e. The Morgan fingerprint density at radius 1 is 1.11 bits per heavy atom. The number of hydrogen-bond acceptors (Lipinski definition) is 5. The van der Waals surface area contributed by atoms with Gasteiger partial charge in [-0.1, -0.05) is 18.2 Å². The second-order valence-corrected chi connectivity index (χ2v) is 6.76. The molecule has 4 rings (SSSR count). The molecule has 1 unspecified atom stereocenters. The molecule has 2 aliphatic heterocycles. The lowest BCUT2D eigenvalue weighted by molar-refractivity contribution is -0.116. The first kappa shape index (κ1) is 18.2. The second-order valence-electron chi connectivity index (χ2n) is 6.76. The summed E-state index contributed by atoms with van der Waals surface area (Å²) in [6.07, 6.45) is 2.13. The fourth-order valence-electron chi connectivity index (χ4n) is 3.36. The molecule has 0 aromatic heterocycles. The molecule has 2 aromatic rings. The summed E-state index contributed by atoms with van der Waals surface area (Å²) in [4.78, 5) is 38.0. The van der Waals surface area contributed by atoms with E-state index >= 15 is 0 Å². The maximum atomic E-state index is 12.4. The summed E-state index contributed by atoms with van der Waals surface area (Å²) in [6, 6.07) is 13.5. The molecule has 0 aliphatic carbocycles. The minimum atomic E-state index is -0.454. The van der Waals surface area contributed by atoms with E-state index in [1.165, 1.54) is 0 Å². The Balaban J connectivity index is 1.36. The van der Waals surface area contributed by atoms with Gasteiger partial charge in [0.1, 0.15) is 18.9 Å². The van der Waals surface area contributed by atoms with E-state index in [-0.39, 0.29) is 12.6 Å². The summed E-state index contributed by atoms with van der Waals surface area (Å²) in [5.74, 6) is -0.742. The first-order valence-corrected chi connectivity index (χ1v) is 9.21.